The largest absolute Gasteiger partial charge is 0.497 e. The highest BCUT2D eigenvalue weighted by Crippen LogP contribution is 2.37. The Balaban J connectivity index is 0.00000180. The Hall–Kier alpha value is -0.980. The molecule has 1 aliphatic rings. The summed E-state index contributed by atoms with van der Waals surface area (Å²) in [5, 5.41) is 3.02. The van der Waals surface area contributed by atoms with E-state index in [1.165, 1.54) is 19.2 Å². The van der Waals surface area contributed by atoms with Gasteiger partial charge in [0.15, 0.2) is 0 Å². The van der Waals surface area contributed by atoms with Crippen molar-refractivity contribution in [3.05, 3.63) is 29.3 Å². The van der Waals surface area contributed by atoms with Gasteiger partial charge in [0.25, 0.3) is 0 Å². The van der Waals surface area contributed by atoms with Crippen LogP contribution in [-0.4, -0.2) is 26.9 Å². The highest BCUT2D eigenvalue weighted by molar-refractivity contribution is 5.85. The first kappa shape index (κ1) is 16.1. The van der Waals surface area contributed by atoms with E-state index in [1.807, 2.05) is 0 Å². The van der Waals surface area contributed by atoms with Gasteiger partial charge >= 0.3 is 6.18 Å². The molecule has 1 heterocycles. The minimum absolute atomic E-state index is 0. The molecule has 0 aromatic heterocycles. The van der Waals surface area contributed by atoms with E-state index in [2.05, 4.69) is 5.32 Å². The topological polar surface area (TPSA) is 30.5 Å². The summed E-state index contributed by atoms with van der Waals surface area (Å²) in [6.07, 6.45) is -4.40. The lowest BCUT2D eigenvalue weighted by molar-refractivity contribution is -0.138. The SMILES string of the molecule is COc1ccc([C@H]2COCCN2)c(C(F)(F)F)c1.Cl. The molecule has 1 aromatic rings. The van der Waals surface area contributed by atoms with Gasteiger partial charge < -0.3 is 14.8 Å². The lowest BCUT2D eigenvalue weighted by Crippen LogP contribution is -2.35. The predicted octanol–water partition coefficient (Wildman–Crippen LogP) is 2.80. The van der Waals surface area contributed by atoms with Crippen molar-refractivity contribution in [2.75, 3.05) is 26.9 Å². The normalized spacial score (nSPS) is 19.7. The third-order valence-corrected chi connectivity index (χ3v) is 2.86. The summed E-state index contributed by atoms with van der Waals surface area (Å²) in [6, 6.07) is 3.56. The van der Waals surface area contributed by atoms with E-state index in [0.29, 0.717) is 13.2 Å². The zero-order valence-corrected chi connectivity index (χ0v) is 11.1. The van der Waals surface area contributed by atoms with E-state index in [4.69, 9.17) is 9.47 Å². The number of halogens is 4. The Morgan fingerprint density at radius 3 is 2.63 bits per heavy atom. The number of rotatable bonds is 2. The maximum Gasteiger partial charge on any atom is 0.416 e. The van der Waals surface area contributed by atoms with Crippen molar-refractivity contribution in [3.8, 4) is 5.75 Å². The molecule has 1 saturated heterocycles. The first-order chi connectivity index (χ1) is 8.52. The Labute approximate surface area is 115 Å². The lowest BCUT2D eigenvalue weighted by atomic mass is 9.99. The number of hydrogen-bond donors (Lipinski definition) is 1. The van der Waals surface area contributed by atoms with Crippen LogP contribution in [0.3, 0.4) is 0 Å². The maximum atomic E-state index is 13.0. The van der Waals surface area contributed by atoms with Gasteiger partial charge in [0.1, 0.15) is 5.75 Å². The molecule has 0 unspecified atom stereocenters. The van der Waals surface area contributed by atoms with Gasteiger partial charge in [0, 0.05) is 6.54 Å². The van der Waals surface area contributed by atoms with Crippen LogP contribution in [0.2, 0.25) is 0 Å². The Morgan fingerprint density at radius 1 is 1.37 bits per heavy atom. The van der Waals surface area contributed by atoms with E-state index in [0.717, 1.165) is 6.07 Å². The summed E-state index contributed by atoms with van der Waals surface area (Å²) in [6.45, 7) is 1.32. The fourth-order valence-electron chi connectivity index (χ4n) is 1.98. The Morgan fingerprint density at radius 2 is 2.11 bits per heavy atom. The van der Waals surface area contributed by atoms with Crippen LogP contribution in [0, 0.1) is 0 Å². The maximum absolute atomic E-state index is 13.0. The van der Waals surface area contributed by atoms with Crippen molar-refractivity contribution in [2.24, 2.45) is 0 Å². The highest BCUT2D eigenvalue weighted by atomic mass is 35.5. The van der Waals surface area contributed by atoms with Crippen LogP contribution in [-0.2, 0) is 10.9 Å². The van der Waals surface area contributed by atoms with Crippen LogP contribution in [0.25, 0.3) is 0 Å². The van der Waals surface area contributed by atoms with E-state index in [1.54, 1.807) is 0 Å². The molecule has 2 rings (SSSR count). The zero-order chi connectivity index (χ0) is 13.2. The standard InChI is InChI=1S/C12H14F3NO2.ClH/c1-17-8-2-3-9(10(6-8)12(13,14)15)11-7-18-5-4-16-11;/h2-3,6,11,16H,4-5,7H2,1H3;1H/t11-;/m1./s1. The fraction of sp³-hybridized carbons (Fsp3) is 0.500. The third kappa shape index (κ3) is 3.75. The number of alkyl halides is 3. The molecular weight excluding hydrogens is 283 g/mol. The number of hydrogen-bond acceptors (Lipinski definition) is 3. The molecule has 108 valence electrons. The van der Waals surface area contributed by atoms with Crippen LogP contribution in [0.1, 0.15) is 17.2 Å². The monoisotopic (exact) mass is 297 g/mol. The number of nitrogens with one attached hydrogen (secondary N) is 1. The molecule has 1 aromatic carbocycles. The quantitative estimate of drug-likeness (QED) is 0.910. The summed E-state index contributed by atoms with van der Waals surface area (Å²) < 4.78 is 49.0. The summed E-state index contributed by atoms with van der Waals surface area (Å²) >= 11 is 0. The zero-order valence-electron chi connectivity index (χ0n) is 10.3. The molecule has 19 heavy (non-hydrogen) atoms. The molecule has 0 spiro atoms. The van der Waals surface area contributed by atoms with Crippen LogP contribution < -0.4 is 10.1 Å². The van der Waals surface area contributed by atoms with Crippen molar-refractivity contribution in [3.63, 3.8) is 0 Å². The number of benzene rings is 1. The first-order valence-electron chi connectivity index (χ1n) is 5.58. The van der Waals surface area contributed by atoms with Crippen molar-refractivity contribution in [2.45, 2.75) is 12.2 Å². The molecule has 7 heteroatoms. The van der Waals surface area contributed by atoms with Crippen LogP contribution >= 0.6 is 12.4 Å². The molecule has 0 saturated carbocycles. The second-order valence-electron chi connectivity index (χ2n) is 4.03. The molecule has 1 fully saturated rings. The molecule has 1 atom stereocenters. The average Bonchev–Trinajstić information content (AvgIpc) is 2.38. The van der Waals surface area contributed by atoms with Gasteiger partial charge in [-0.15, -0.1) is 12.4 Å². The van der Waals surface area contributed by atoms with Gasteiger partial charge in [-0.2, -0.15) is 13.2 Å². The predicted molar refractivity (Wildman–Crippen MR) is 66.8 cm³/mol. The van der Waals surface area contributed by atoms with Gasteiger partial charge in [-0.05, 0) is 17.7 Å². The summed E-state index contributed by atoms with van der Waals surface area (Å²) in [5.74, 6) is 0.197. The molecule has 0 radical (unpaired) electrons. The van der Waals surface area contributed by atoms with Gasteiger partial charge in [0.2, 0.25) is 0 Å². The molecule has 0 bridgehead atoms. The Bertz CT molecular complexity index is 420. The minimum atomic E-state index is -4.40. The second kappa shape index (κ2) is 6.45. The van der Waals surface area contributed by atoms with Crippen LogP contribution in [0.5, 0.6) is 5.75 Å². The average molecular weight is 298 g/mol. The summed E-state index contributed by atoms with van der Waals surface area (Å²) in [4.78, 5) is 0. The summed E-state index contributed by atoms with van der Waals surface area (Å²) in [5.41, 5.74) is -0.479. The van der Waals surface area contributed by atoms with Gasteiger partial charge in [-0.3, -0.25) is 0 Å². The lowest BCUT2D eigenvalue weighted by Gasteiger charge is -2.26. The van der Waals surface area contributed by atoms with Gasteiger partial charge in [-0.1, -0.05) is 6.07 Å². The number of ether oxygens (including phenoxy) is 2. The van der Waals surface area contributed by atoms with Crippen LogP contribution in [0.15, 0.2) is 18.2 Å². The molecule has 0 amide bonds. The smallest absolute Gasteiger partial charge is 0.416 e. The molecular formula is C12H15ClF3NO2. The van der Waals surface area contributed by atoms with E-state index in [9.17, 15) is 13.2 Å². The number of methoxy groups -OCH3 is 1. The van der Waals surface area contributed by atoms with Gasteiger partial charge in [-0.25, -0.2) is 0 Å². The van der Waals surface area contributed by atoms with Crippen molar-refractivity contribution >= 4 is 12.4 Å². The molecule has 1 N–H and O–H groups in total. The van der Waals surface area contributed by atoms with Crippen LogP contribution in [0.4, 0.5) is 13.2 Å². The Kier molecular flexibility index (Phi) is 5.46. The minimum Gasteiger partial charge on any atom is -0.497 e. The van der Waals surface area contributed by atoms with Gasteiger partial charge in [0.05, 0.1) is 31.9 Å². The number of morpholine rings is 1. The van der Waals surface area contributed by atoms with Crippen molar-refractivity contribution < 1.29 is 22.6 Å². The fourth-order valence-corrected chi connectivity index (χ4v) is 1.98. The first-order valence-corrected chi connectivity index (χ1v) is 5.58. The van der Waals surface area contributed by atoms with E-state index in [-0.39, 0.29) is 30.3 Å². The van der Waals surface area contributed by atoms with E-state index >= 15 is 0 Å². The molecule has 0 aliphatic carbocycles. The third-order valence-electron chi connectivity index (χ3n) is 2.86. The highest BCUT2D eigenvalue weighted by Gasteiger charge is 2.36. The van der Waals surface area contributed by atoms with Crippen molar-refractivity contribution in [1.29, 1.82) is 0 Å². The molecule has 1 aliphatic heterocycles. The van der Waals surface area contributed by atoms with E-state index < -0.39 is 17.8 Å². The molecule has 3 nitrogen and oxygen atoms in total. The van der Waals surface area contributed by atoms with Crippen molar-refractivity contribution in [1.82, 2.24) is 5.32 Å². The second-order valence-corrected chi connectivity index (χ2v) is 4.03. The summed E-state index contributed by atoms with van der Waals surface area (Å²) in [7, 11) is 1.34.